The molecule has 0 radical (unpaired) electrons. The van der Waals surface area contributed by atoms with Crippen LogP contribution in [-0.4, -0.2) is 16.8 Å². The number of nitrogens with zero attached hydrogens (tertiary/aromatic N) is 1. The lowest BCUT2D eigenvalue weighted by Crippen LogP contribution is -2.40. The van der Waals surface area contributed by atoms with E-state index < -0.39 is 0 Å². The number of hydrogen-bond acceptors (Lipinski definition) is 1. The summed E-state index contributed by atoms with van der Waals surface area (Å²) in [5.41, 5.74) is 3.33. The van der Waals surface area contributed by atoms with Gasteiger partial charge >= 0.3 is 0 Å². The lowest BCUT2D eigenvalue weighted by molar-refractivity contribution is 0.0595. The van der Waals surface area contributed by atoms with Gasteiger partial charge in [-0.15, -0.1) is 0 Å². The van der Waals surface area contributed by atoms with E-state index in [4.69, 9.17) is 0 Å². The predicted octanol–water partition coefficient (Wildman–Crippen LogP) is 3.10. The molecule has 1 amide bonds. The van der Waals surface area contributed by atoms with Gasteiger partial charge in [0.05, 0.1) is 5.54 Å². The molecule has 1 saturated carbocycles. The fraction of sp³-hybridized carbons (Fsp3) is 0.533. The van der Waals surface area contributed by atoms with E-state index in [2.05, 4.69) is 37.8 Å². The number of carbonyl (C=O) groups is 1. The minimum absolute atomic E-state index is 0.126. The van der Waals surface area contributed by atoms with Crippen molar-refractivity contribution in [1.29, 1.82) is 0 Å². The molecule has 0 aromatic heterocycles. The molecule has 2 aliphatic rings. The zero-order chi connectivity index (χ0) is 12.2. The number of hydrogen-bond donors (Lipinski definition) is 0. The highest BCUT2D eigenvalue weighted by Crippen LogP contribution is 2.45. The van der Waals surface area contributed by atoms with Crippen molar-refractivity contribution >= 4 is 5.91 Å². The van der Waals surface area contributed by atoms with Crippen molar-refractivity contribution in [1.82, 2.24) is 4.90 Å². The summed E-state index contributed by atoms with van der Waals surface area (Å²) in [7, 11) is 0. The molecule has 1 aliphatic carbocycles. The van der Waals surface area contributed by atoms with E-state index in [0.717, 1.165) is 12.0 Å². The molecule has 1 aromatic rings. The Hall–Kier alpha value is -1.31. The van der Waals surface area contributed by atoms with E-state index in [-0.39, 0.29) is 11.4 Å². The number of amides is 1. The van der Waals surface area contributed by atoms with Crippen LogP contribution in [0.3, 0.4) is 0 Å². The van der Waals surface area contributed by atoms with Crippen LogP contribution in [0.2, 0.25) is 0 Å². The SMILES string of the molecule is CCc1ccc2c(c1)C(C)(C)N(C1CC1)C2=O. The zero-order valence-corrected chi connectivity index (χ0v) is 10.8. The van der Waals surface area contributed by atoms with Crippen LogP contribution < -0.4 is 0 Å². The Morgan fingerprint density at radius 3 is 2.65 bits per heavy atom. The van der Waals surface area contributed by atoms with Crippen LogP contribution in [0.4, 0.5) is 0 Å². The second kappa shape index (κ2) is 3.34. The van der Waals surface area contributed by atoms with Crippen molar-refractivity contribution in [2.24, 2.45) is 0 Å². The Balaban J connectivity index is 2.12. The fourth-order valence-electron chi connectivity index (χ4n) is 2.97. The Kier molecular flexibility index (Phi) is 2.13. The third-order valence-corrected chi connectivity index (χ3v) is 4.11. The summed E-state index contributed by atoms with van der Waals surface area (Å²) < 4.78 is 0. The first-order valence-electron chi connectivity index (χ1n) is 6.52. The molecule has 1 aliphatic heterocycles. The number of benzene rings is 1. The van der Waals surface area contributed by atoms with Crippen LogP contribution in [0.5, 0.6) is 0 Å². The summed E-state index contributed by atoms with van der Waals surface area (Å²) in [5.74, 6) is 0.232. The van der Waals surface area contributed by atoms with Crippen LogP contribution in [0.25, 0.3) is 0 Å². The molecule has 1 fully saturated rings. The van der Waals surface area contributed by atoms with Crippen molar-refractivity contribution in [2.75, 3.05) is 0 Å². The average Bonchev–Trinajstić information content (AvgIpc) is 3.09. The standard InChI is InChI=1S/C15H19NO/c1-4-10-5-8-12-13(9-10)15(2,3)16(14(12)17)11-6-7-11/h5,8-9,11H,4,6-7H2,1-3H3. The van der Waals surface area contributed by atoms with E-state index in [1.54, 1.807) is 0 Å². The normalized spacial score (nSPS) is 21.8. The quantitative estimate of drug-likeness (QED) is 0.763. The van der Waals surface area contributed by atoms with Crippen molar-refractivity contribution < 1.29 is 4.79 Å². The largest absolute Gasteiger partial charge is 0.326 e. The van der Waals surface area contributed by atoms with Gasteiger partial charge in [-0.3, -0.25) is 4.79 Å². The number of rotatable bonds is 2. The number of fused-ring (bicyclic) bond motifs is 1. The smallest absolute Gasteiger partial charge is 0.255 e. The van der Waals surface area contributed by atoms with Gasteiger partial charge in [-0.05, 0) is 50.3 Å². The molecule has 3 rings (SSSR count). The molecule has 0 spiro atoms. The van der Waals surface area contributed by atoms with Gasteiger partial charge in [-0.1, -0.05) is 19.1 Å². The summed E-state index contributed by atoms with van der Waals surface area (Å²) in [5, 5.41) is 0. The predicted molar refractivity (Wildman–Crippen MR) is 68.0 cm³/mol. The van der Waals surface area contributed by atoms with Crippen molar-refractivity contribution in [2.45, 2.75) is 51.6 Å². The zero-order valence-electron chi connectivity index (χ0n) is 10.8. The highest BCUT2D eigenvalue weighted by atomic mass is 16.2. The first-order valence-corrected chi connectivity index (χ1v) is 6.52. The number of carbonyl (C=O) groups excluding carboxylic acids is 1. The van der Waals surface area contributed by atoms with Crippen molar-refractivity contribution in [3.05, 3.63) is 34.9 Å². The lowest BCUT2D eigenvalue weighted by atomic mass is 9.91. The molecule has 17 heavy (non-hydrogen) atoms. The van der Waals surface area contributed by atoms with Crippen LogP contribution in [0, 0.1) is 0 Å². The second-order valence-corrected chi connectivity index (χ2v) is 5.70. The first kappa shape index (κ1) is 10.8. The van der Waals surface area contributed by atoms with Crippen LogP contribution in [0.15, 0.2) is 18.2 Å². The Morgan fingerprint density at radius 2 is 2.06 bits per heavy atom. The number of aryl methyl sites for hydroxylation is 1. The molecule has 0 unspecified atom stereocenters. The maximum Gasteiger partial charge on any atom is 0.255 e. The summed E-state index contributed by atoms with van der Waals surface area (Å²) in [6.45, 7) is 6.51. The van der Waals surface area contributed by atoms with Crippen LogP contribution in [-0.2, 0) is 12.0 Å². The topological polar surface area (TPSA) is 20.3 Å². The molecule has 0 saturated heterocycles. The fourth-order valence-corrected chi connectivity index (χ4v) is 2.97. The molecule has 2 nitrogen and oxygen atoms in total. The maximum absolute atomic E-state index is 12.4. The molecule has 0 atom stereocenters. The lowest BCUT2D eigenvalue weighted by Gasteiger charge is -2.32. The van der Waals surface area contributed by atoms with Gasteiger partial charge in [-0.2, -0.15) is 0 Å². The molecule has 1 aromatic carbocycles. The highest BCUT2D eigenvalue weighted by Gasteiger charge is 2.49. The van der Waals surface area contributed by atoms with Crippen molar-refractivity contribution in [3.63, 3.8) is 0 Å². The second-order valence-electron chi connectivity index (χ2n) is 5.70. The van der Waals surface area contributed by atoms with Gasteiger partial charge < -0.3 is 4.90 Å². The monoisotopic (exact) mass is 229 g/mol. The Morgan fingerprint density at radius 1 is 1.35 bits per heavy atom. The first-order chi connectivity index (χ1) is 8.05. The molecule has 90 valence electrons. The van der Waals surface area contributed by atoms with E-state index >= 15 is 0 Å². The highest BCUT2D eigenvalue weighted by molar-refractivity contribution is 6.00. The van der Waals surface area contributed by atoms with E-state index in [0.29, 0.717) is 6.04 Å². The average molecular weight is 229 g/mol. The summed E-state index contributed by atoms with van der Waals surface area (Å²) in [4.78, 5) is 14.5. The molecule has 0 N–H and O–H groups in total. The van der Waals surface area contributed by atoms with Crippen LogP contribution >= 0.6 is 0 Å². The summed E-state index contributed by atoms with van der Waals surface area (Å²) in [6.07, 6.45) is 3.37. The molecule has 2 heteroatoms. The van der Waals surface area contributed by atoms with Gasteiger partial charge in [0.1, 0.15) is 0 Å². The van der Waals surface area contributed by atoms with Gasteiger partial charge in [0.2, 0.25) is 0 Å². The molecular weight excluding hydrogens is 210 g/mol. The Bertz CT molecular complexity index is 486. The minimum atomic E-state index is -0.126. The van der Waals surface area contributed by atoms with E-state index in [1.165, 1.54) is 24.0 Å². The third-order valence-electron chi connectivity index (χ3n) is 4.11. The molecular formula is C15H19NO. The molecule has 1 heterocycles. The summed E-state index contributed by atoms with van der Waals surface area (Å²) in [6, 6.07) is 6.80. The Labute approximate surface area is 103 Å². The third kappa shape index (κ3) is 1.43. The van der Waals surface area contributed by atoms with Gasteiger partial charge in [0, 0.05) is 11.6 Å². The molecule has 0 bridgehead atoms. The maximum atomic E-state index is 12.4. The van der Waals surface area contributed by atoms with Crippen molar-refractivity contribution in [3.8, 4) is 0 Å². The van der Waals surface area contributed by atoms with Gasteiger partial charge in [0.15, 0.2) is 0 Å². The van der Waals surface area contributed by atoms with E-state index in [1.807, 2.05) is 6.07 Å². The van der Waals surface area contributed by atoms with E-state index in [9.17, 15) is 4.79 Å². The summed E-state index contributed by atoms with van der Waals surface area (Å²) >= 11 is 0. The van der Waals surface area contributed by atoms with Crippen LogP contribution in [0.1, 0.15) is 55.1 Å². The van der Waals surface area contributed by atoms with Gasteiger partial charge in [0.25, 0.3) is 5.91 Å². The van der Waals surface area contributed by atoms with Gasteiger partial charge in [-0.25, -0.2) is 0 Å². The minimum Gasteiger partial charge on any atom is -0.326 e.